The maximum absolute atomic E-state index is 5.82. The lowest BCUT2D eigenvalue weighted by Gasteiger charge is -2.07. The lowest BCUT2D eigenvalue weighted by molar-refractivity contribution is 0.276. The highest BCUT2D eigenvalue weighted by Crippen LogP contribution is 2.36. The monoisotopic (exact) mass is 372 g/mol. The predicted molar refractivity (Wildman–Crippen MR) is 76.0 cm³/mol. The molecule has 0 spiro atoms. The van der Waals surface area contributed by atoms with Crippen LogP contribution in [0.2, 0.25) is 0 Å². The van der Waals surface area contributed by atoms with Gasteiger partial charge in [-0.05, 0) is 45.7 Å². The molecular formula is C12H10Br2N2O2. The van der Waals surface area contributed by atoms with E-state index < -0.39 is 0 Å². The summed E-state index contributed by atoms with van der Waals surface area (Å²) in [6, 6.07) is 0. The number of rotatable bonds is 1. The third-order valence-corrected chi connectivity index (χ3v) is 4.01. The van der Waals surface area contributed by atoms with Crippen molar-refractivity contribution in [1.82, 2.24) is 4.98 Å². The van der Waals surface area contributed by atoms with Crippen molar-refractivity contribution in [3.05, 3.63) is 27.1 Å². The number of furan rings is 1. The Labute approximate surface area is 121 Å². The molecule has 3 heterocycles. The Hall–Kier alpha value is -0.880. The van der Waals surface area contributed by atoms with Gasteiger partial charge < -0.3 is 9.15 Å². The number of pyridine rings is 1. The molecule has 1 aliphatic heterocycles. The number of aliphatic imine (C=N–C) groups is 1. The number of hydrogen-bond donors (Lipinski definition) is 0. The van der Waals surface area contributed by atoms with Gasteiger partial charge in [0.05, 0.1) is 19.9 Å². The summed E-state index contributed by atoms with van der Waals surface area (Å²) >= 11 is 6.94. The van der Waals surface area contributed by atoms with E-state index in [1.807, 2.05) is 13.8 Å². The van der Waals surface area contributed by atoms with Gasteiger partial charge in [0.15, 0.2) is 5.58 Å². The van der Waals surface area contributed by atoms with Crippen molar-refractivity contribution in [1.29, 1.82) is 0 Å². The molecule has 0 aromatic carbocycles. The zero-order valence-corrected chi connectivity index (χ0v) is 13.0. The van der Waals surface area contributed by atoms with E-state index >= 15 is 0 Å². The van der Waals surface area contributed by atoms with E-state index in [0.29, 0.717) is 18.3 Å². The topological polar surface area (TPSA) is 47.6 Å². The summed E-state index contributed by atoms with van der Waals surface area (Å²) < 4.78 is 13.0. The maximum Gasteiger partial charge on any atom is 0.255 e. The number of fused-ring (bicyclic) bond motifs is 1. The van der Waals surface area contributed by atoms with Gasteiger partial charge in [-0.3, -0.25) is 4.98 Å². The van der Waals surface area contributed by atoms with E-state index in [0.717, 1.165) is 19.9 Å². The number of aromatic nitrogens is 1. The van der Waals surface area contributed by atoms with Crippen LogP contribution in [0.15, 0.2) is 30.7 Å². The van der Waals surface area contributed by atoms with E-state index in [-0.39, 0.29) is 5.54 Å². The van der Waals surface area contributed by atoms with Gasteiger partial charge in [0.1, 0.15) is 6.61 Å². The number of ether oxygens (including phenoxy) is 1. The summed E-state index contributed by atoms with van der Waals surface area (Å²) in [6.45, 7) is 4.60. The predicted octanol–water partition coefficient (Wildman–Crippen LogP) is 3.91. The van der Waals surface area contributed by atoms with Gasteiger partial charge in [0.2, 0.25) is 5.76 Å². The second-order valence-electron chi connectivity index (χ2n) is 4.76. The van der Waals surface area contributed by atoms with Crippen LogP contribution in [0.25, 0.3) is 11.0 Å². The van der Waals surface area contributed by atoms with Crippen LogP contribution in [0, 0.1) is 0 Å². The Balaban J connectivity index is 2.20. The summed E-state index contributed by atoms with van der Waals surface area (Å²) in [4.78, 5) is 8.64. The first kappa shape index (κ1) is 12.2. The molecular weight excluding hydrogens is 364 g/mol. The van der Waals surface area contributed by atoms with Gasteiger partial charge in [-0.25, -0.2) is 4.99 Å². The molecule has 0 saturated carbocycles. The van der Waals surface area contributed by atoms with Crippen LogP contribution >= 0.6 is 31.9 Å². The summed E-state index contributed by atoms with van der Waals surface area (Å²) in [5.41, 5.74) is 0.534. The Morgan fingerprint density at radius 1 is 1.28 bits per heavy atom. The fraction of sp³-hybridized carbons (Fsp3) is 0.333. The molecule has 0 fully saturated rings. The summed E-state index contributed by atoms with van der Waals surface area (Å²) in [5.74, 6) is 1.15. The number of nitrogens with zero attached hydrogens (tertiary/aromatic N) is 2. The van der Waals surface area contributed by atoms with Crippen molar-refractivity contribution in [3.8, 4) is 0 Å². The molecule has 0 unspecified atom stereocenters. The quantitative estimate of drug-likeness (QED) is 0.761. The van der Waals surface area contributed by atoms with E-state index in [4.69, 9.17) is 9.15 Å². The van der Waals surface area contributed by atoms with Crippen molar-refractivity contribution in [2.45, 2.75) is 19.4 Å². The van der Waals surface area contributed by atoms with Gasteiger partial charge in [0, 0.05) is 12.4 Å². The summed E-state index contributed by atoms with van der Waals surface area (Å²) in [5, 5.41) is 0.899. The average Bonchev–Trinajstić information content (AvgIpc) is 2.82. The molecule has 6 heteroatoms. The fourth-order valence-electron chi connectivity index (χ4n) is 1.79. The Bertz CT molecular complexity index is 661. The molecule has 0 aliphatic carbocycles. The highest BCUT2D eigenvalue weighted by molar-refractivity contribution is 9.11. The van der Waals surface area contributed by atoms with E-state index in [1.54, 1.807) is 12.4 Å². The third-order valence-electron chi connectivity index (χ3n) is 2.65. The molecule has 3 rings (SSSR count). The molecule has 18 heavy (non-hydrogen) atoms. The Morgan fingerprint density at radius 2 is 2.06 bits per heavy atom. The standard InChI is InChI=1S/C12H10Br2N2O2/c1-12(2)5-17-11(16-12)10-8(14)6-3-15-4-7(13)9(6)18-10/h3-4H,5H2,1-2H3. The van der Waals surface area contributed by atoms with Gasteiger partial charge >= 0.3 is 0 Å². The highest BCUT2D eigenvalue weighted by atomic mass is 79.9. The maximum atomic E-state index is 5.82. The summed E-state index contributed by atoms with van der Waals surface area (Å²) in [6.07, 6.45) is 3.45. The fourth-order valence-corrected chi connectivity index (χ4v) is 2.74. The van der Waals surface area contributed by atoms with Crippen LogP contribution in [-0.2, 0) is 4.74 Å². The van der Waals surface area contributed by atoms with Crippen molar-refractivity contribution >= 4 is 48.7 Å². The second kappa shape index (κ2) is 4.06. The first-order valence-electron chi connectivity index (χ1n) is 5.42. The molecule has 0 N–H and O–H groups in total. The minimum atomic E-state index is -0.205. The lowest BCUT2D eigenvalue weighted by Crippen LogP contribution is -2.17. The van der Waals surface area contributed by atoms with Crippen molar-refractivity contribution in [3.63, 3.8) is 0 Å². The molecule has 0 saturated heterocycles. The minimum Gasteiger partial charge on any atom is -0.473 e. The Morgan fingerprint density at radius 3 is 2.67 bits per heavy atom. The molecule has 2 aromatic heterocycles. The van der Waals surface area contributed by atoms with E-state index in [9.17, 15) is 0 Å². The molecule has 4 nitrogen and oxygen atoms in total. The Kier molecular flexibility index (Phi) is 2.75. The van der Waals surface area contributed by atoms with Crippen LogP contribution < -0.4 is 0 Å². The third kappa shape index (κ3) is 1.87. The zero-order chi connectivity index (χ0) is 12.9. The van der Waals surface area contributed by atoms with E-state index in [2.05, 4.69) is 41.8 Å². The normalized spacial score (nSPS) is 17.9. The van der Waals surface area contributed by atoms with Gasteiger partial charge in [-0.1, -0.05) is 0 Å². The van der Waals surface area contributed by atoms with E-state index in [1.165, 1.54) is 0 Å². The van der Waals surface area contributed by atoms with Crippen LogP contribution in [-0.4, -0.2) is 23.0 Å². The lowest BCUT2D eigenvalue weighted by atomic mass is 10.1. The first-order valence-corrected chi connectivity index (χ1v) is 7.01. The smallest absolute Gasteiger partial charge is 0.255 e. The molecule has 0 atom stereocenters. The van der Waals surface area contributed by atoms with Gasteiger partial charge in [-0.2, -0.15) is 0 Å². The van der Waals surface area contributed by atoms with Crippen LogP contribution in [0.4, 0.5) is 0 Å². The van der Waals surface area contributed by atoms with Crippen LogP contribution in [0.3, 0.4) is 0 Å². The molecule has 0 radical (unpaired) electrons. The van der Waals surface area contributed by atoms with Crippen molar-refractivity contribution in [2.24, 2.45) is 4.99 Å². The highest BCUT2D eigenvalue weighted by Gasteiger charge is 2.31. The minimum absolute atomic E-state index is 0.205. The largest absolute Gasteiger partial charge is 0.473 e. The zero-order valence-electron chi connectivity index (χ0n) is 9.83. The average molecular weight is 374 g/mol. The molecule has 1 aliphatic rings. The molecule has 0 amide bonds. The van der Waals surface area contributed by atoms with Crippen LogP contribution in [0.1, 0.15) is 19.6 Å². The number of hydrogen-bond acceptors (Lipinski definition) is 4. The molecule has 2 aromatic rings. The van der Waals surface area contributed by atoms with Gasteiger partial charge in [0.25, 0.3) is 5.90 Å². The number of halogens is 2. The second-order valence-corrected chi connectivity index (χ2v) is 6.41. The SMILES string of the molecule is CC1(C)COC(c2oc3c(Br)cncc3c2Br)=N1. The van der Waals surface area contributed by atoms with Crippen molar-refractivity contribution in [2.75, 3.05) is 6.61 Å². The molecule has 94 valence electrons. The van der Waals surface area contributed by atoms with Crippen molar-refractivity contribution < 1.29 is 9.15 Å². The molecule has 0 bridgehead atoms. The van der Waals surface area contributed by atoms with Gasteiger partial charge in [-0.15, -0.1) is 0 Å². The summed E-state index contributed by atoms with van der Waals surface area (Å²) in [7, 11) is 0. The first-order chi connectivity index (χ1) is 8.48. The van der Waals surface area contributed by atoms with Crippen LogP contribution in [0.5, 0.6) is 0 Å².